The van der Waals surface area contributed by atoms with Gasteiger partial charge in [0.2, 0.25) is 15.0 Å². The van der Waals surface area contributed by atoms with Gasteiger partial charge in [0.25, 0.3) is 0 Å². The molecule has 0 unspecified atom stereocenters. The molecule has 0 bridgehead atoms. The third-order valence-corrected chi connectivity index (χ3v) is 6.69. The number of thiazole rings is 1. The van der Waals surface area contributed by atoms with E-state index in [1.807, 2.05) is 35.7 Å². The standard InChI is InChI=1S/C20H19FN4O2S2/c21-17-8-4-7-16(13-17)19-23-20-25(24-19)18(14-28-20)9-11-22-29(26,27)12-10-15-5-2-1-3-6-15/h1-8,13-14,22H,9-12H2. The Hall–Kier alpha value is -2.62. The zero-order chi connectivity index (χ0) is 20.3. The van der Waals surface area contributed by atoms with E-state index in [0.29, 0.717) is 29.2 Å². The number of sulfonamides is 1. The molecule has 0 fully saturated rings. The third kappa shape index (κ3) is 4.87. The Morgan fingerprint density at radius 3 is 2.69 bits per heavy atom. The fraction of sp³-hybridized carbons (Fsp3) is 0.200. The second kappa shape index (κ2) is 8.40. The Morgan fingerprint density at radius 1 is 1.07 bits per heavy atom. The lowest BCUT2D eigenvalue weighted by atomic mass is 10.2. The molecule has 4 aromatic rings. The maximum absolute atomic E-state index is 13.4. The van der Waals surface area contributed by atoms with E-state index in [9.17, 15) is 12.8 Å². The summed E-state index contributed by atoms with van der Waals surface area (Å²) in [6.45, 7) is 0.276. The Kier molecular flexibility index (Phi) is 5.70. The number of hydrogen-bond acceptors (Lipinski definition) is 5. The normalized spacial score (nSPS) is 11.9. The maximum atomic E-state index is 13.4. The Bertz CT molecular complexity index is 1220. The van der Waals surface area contributed by atoms with Crippen LogP contribution in [0.5, 0.6) is 0 Å². The molecule has 2 aromatic heterocycles. The molecule has 1 N–H and O–H groups in total. The molecule has 29 heavy (non-hydrogen) atoms. The SMILES string of the molecule is O=S(=O)(CCc1ccccc1)NCCc1csc2nc(-c3cccc(F)c3)nn12. The molecular weight excluding hydrogens is 411 g/mol. The van der Waals surface area contributed by atoms with E-state index in [-0.39, 0.29) is 18.1 Å². The Morgan fingerprint density at radius 2 is 1.90 bits per heavy atom. The van der Waals surface area contributed by atoms with Crippen LogP contribution in [0.25, 0.3) is 16.3 Å². The van der Waals surface area contributed by atoms with Crippen LogP contribution >= 0.6 is 11.3 Å². The minimum atomic E-state index is -3.36. The van der Waals surface area contributed by atoms with Crippen LogP contribution in [0.4, 0.5) is 4.39 Å². The monoisotopic (exact) mass is 430 g/mol. The highest BCUT2D eigenvalue weighted by Crippen LogP contribution is 2.21. The van der Waals surface area contributed by atoms with Crippen LogP contribution in [0, 0.1) is 5.82 Å². The number of nitrogens with zero attached hydrogens (tertiary/aromatic N) is 3. The minimum Gasteiger partial charge on any atom is -0.215 e. The molecule has 0 saturated heterocycles. The Labute approximate surface area is 172 Å². The van der Waals surface area contributed by atoms with Crippen LogP contribution < -0.4 is 4.72 Å². The average Bonchev–Trinajstić information content (AvgIpc) is 3.29. The minimum absolute atomic E-state index is 0.0447. The van der Waals surface area contributed by atoms with Gasteiger partial charge < -0.3 is 0 Å². The highest BCUT2D eigenvalue weighted by Gasteiger charge is 2.14. The maximum Gasteiger partial charge on any atom is 0.212 e. The van der Waals surface area contributed by atoms with Crippen LogP contribution in [0.1, 0.15) is 11.3 Å². The fourth-order valence-corrected chi connectivity index (χ4v) is 4.87. The molecule has 0 aliphatic carbocycles. The lowest BCUT2D eigenvalue weighted by Crippen LogP contribution is -2.29. The zero-order valence-electron chi connectivity index (χ0n) is 15.5. The van der Waals surface area contributed by atoms with Gasteiger partial charge in [-0.1, -0.05) is 42.5 Å². The first-order chi connectivity index (χ1) is 14.0. The molecule has 0 aliphatic heterocycles. The molecule has 0 aliphatic rings. The Balaban J connectivity index is 1.38. The van der Waals surface area contributed by atoms with Crippen LogP contribution in [-0.4, -0.2) is 35.3 Å². The van der Waals surface area contributed by atoms with Crippen LogP contribution in [0.2, 0.25) is 0 Å². The van der Waals surface area contributed by atoms with Crippen molar-refractivity contribution in [2.75, 3.05) is 12.3 Å². The molecule has 150 valence electrons. The van der Waals surface area contributed by atoms with Crippen molar-refractivity contribution in [3.8, 4) is 11.4 Å². The summed E-state index contributed by atoms with van der Waals surface area (Å²) in [7, 11) is -3.36. The number of fused-ring (bicyclic) bond motifs is 1. The number of rotatable bonds is 8. The van der Waals surface area contributed by atoms with Gasteiger partial charge in [0.05, 0.1) is 11.4 Å². The first kappa shape index (κ1) is 19.7. The first-order valence-electron chi connectivity index (χ1n) is 9.10. The summed E-state index contributed by atoms with van der Waals surface area (Å²) in [5.41, 5.74) is 2.45. The van der Waals surface area contributed by atoms with Gasteiger partial charge in [-0.2, -0.15) is 4.98 Å². The lowest BCUT2D eigenvalue weighted by molar-refractivity contribution is 0.580. The molecule has 6 nitrogen and oxygen atoms in total. The lowest BCUT2D eigenvalue weighted by Gasteiger charge is -2.06. The van der Waals surface area contributed by atoms with Crippen molar-refractivity contribution in [1.82, 2.24) is 19.3 Å². The molecule has 9 heteroatoms. The van der Waals surface area contributed by atoms with Crippen LogP contribution in [-0.2, 0) is 22.9 Å². The molecule has 2 heterocycles. The number of aryl methyl sites for hydroxylation is 1. The highest BCUT2D eigenvalue weighted by molar-refractivity contribution is 7.89. The molecule has 0 saturated carbocycles. The van der Waals surface area contributed by atoms with Gasteiger partial charge >= 0.3 is 0 Å². The van der Waals surface area contributed by atoms with Gasteiger partial charge in [0.1, 0.15) is 5.82 Å². The largest absolute Gasteiger partial charge is 0.215 e. The van der Waals surface area contributed by atoms with Crippen molar-refractivity contribution in [3.05, 3.63) is 77.1 Å². The van der Waals surface area contributed by atoms with Crippen molar-refractivity contribution in [3.63, 3.8) is 0 Å². The van der Waals surface area contributed by atoms with E-state index in [2.05, 4.69) is 14.8 Å². The van der Waals surface area contributed by atoms with Gasteiger partial charge in [-0.25, -0.2) is 22.0 Å². The van der Waals surface area contributed by atoms with Crippen molar-refractivity contribution >= 4 is 26.3 Å². The summed E-state index contributed by atoms with van der Waals surface area (Å²) in [6, 6.07) is 15.7. The van der Waals surface area contributed by atoms with Gasteiger partial charge in [0.15, 0.2) is 5.82 Å². The van der Waals surface area contributed by atoms with E-state index in [4.69, 9.17) is 0 Å². The summed E-state index contributed by atoms with van der Waals surface area (Å²) in [4.78, 5) is 5.12. The second-order valence-electron chi connectivity index (χ2n) is 6.57. The van der Waals surface area contributed by atoms with Gasteiger partial charge in [-0.15, -0.1) is 16.4 Å². The number of halogens is 1. The van der Waals surface area contributed by atoms with Crippen molar-refractivity contribution in [2.45, 2.75) is 12.8 Å². The molecule has 0 atom stereocenters. The average molecular weight is 431 g/mol. The van der Waals surface area contributed by atoms with Crippen molar-refractivity contribution in [2.24, 2.45) is 0 Å². The van der Waals surface area contributed by atoms with E-state index in [1.54, 1.807) is 16.6 Å². The topological polar surface area (TPSA) is 76.4 Å². The summed E-state index contributed by atoms with van der Waals surface area (Å²) < 4.78 is 42.2. The molecule has 4 rings (SSSR count). The number of benzene rings is 2. The molecule has 0 spiro atoms. The van der Waals surface area contributed by atoms with Crippen LogP contribution in [0.3, 0.4) is 0 Å². The highest BCUT2D eigenvalue weighted by atomic mass is 32.2. The van der Waals surface area contributed by atoms with Crippen molar-refractivity contribution < 1.29 is 12.8 Å². The molecular formula is C20H19FN4O2S2. The number of hydrogen-bond donors (Lipinski definition) is 1. The number of nitrogens with one attached hydrogen (secondary N) is 1. The summed E-state index contributed by atoms with van der Waals surface area (Å²) in [6.07, 6.45) is 0.954. The van der Waals surface area contributed by atoms with Crippen LogP contribution in [0.15, 0.2) is 60.0 Å². The predicted molar refractivity (Wildman–Crippen MR) is 112 cm³/mol. The third-order valence-electron chi connectivity index (χ3n) is 4.44. The predicted octanol–water partition coefficient (Wildman–Crippen LogP) is 3.30. The molecule has 0 radical (unpaired) electrons. The smallest absolute Gasteiger partial charge is 0.212 e. The van der Waals surface area contributed by atoms with Gasteiger partial charge in [-0.3, -0.25) is 0 Å². The van der Waals surface area contributed by atoms with E-state index in [1.165, 1.54) is 23.5 Å². The summed E-state index contributed by atoms with van der Waals surface area (Å²) in [5.74, 6) is 0.148. The number of aromatic nitrogens is 3. The zero-order valence-corrected chi connectivity index (χ0v) is 17.1. The fourth-order valence-electron chi connectivity index (χ4n) is 2.95. The molecule has 2 aromatic carbocycles. The quantitative estimate of drug-likeness (QED) is 0.465. The molecule has 0 amide bonds. The van der Waals surface area contributed by atoms with Crippen molar-refractivity contribution in [1.29, 1.82) is 0 Å². The second-order valence-corrected chi connectivity index (χ2v) is 9.33. The van der Waals surface area contributed by atoms with Gasteiger partial charge in [0, 0.05) is 23.9 Å². The van der Waals surface area contributed by atoms with E-state index < -0.39 is 10.0 Å². The van der Waals surface area contributed by atoms with E-state index >= 15 is 0 Å². The summed E-state index contributed by atoms with van der Waals surface area (Å²) >= 11 is 1.42. The summed E-state index contributed by atoms with van der Waals surface area (Å²) in [5, 5.41) is 6.35. The van der Waals surface area contributed by atoms with Gasteiger partial charge in [-0.05, 0) is 24.1 Å². The first-order valence-corrected chi connectivity index (χ1v) is 11.6. The van der Waals surface area contributed by atoms with E-state index in [0.717, 1.165) is 11.3 Å².